The van der Waals surface area contributed by atoms with Crippen molar-refractivity contribution in [1.82, 2.24) is 5.43 Å². The Balaban J connectivity index is 1.96. The van der Waals surface area contributed by atoms with Crippen molar-refractivity contribution in [3.05, 3.63) is 101 Å². The number of benzene rings is 3. The molecule has 0 radical (unpaired) electrons. The predicted molar refractivity (Wildman–Crippen MR) is 116 cm³/mol. The van der Waals surface area contributed by atoms with E-state index in [1.165, 1.54) is 0 Å². The van der Waals surface area contributed by atoms with Crippen LogP contribution in [0.1, 0.15) is 27.0 Å². The summed E-state index contributed by atoms with van der Waals surface area (Å²) in [5.41, 5.74) is 6.07. The van der Waals surface area contributed by atoms with Crippen molar-refractivity contribution < 1.29 is 13.2 Å². The van der Waals surface area contributed by atoms with Gasteiger partial charge in [-0.05, 0) is 19.1 Å². The van der Waals surface area contributed by atoms with Crippen LogP contribution in [-0.4, -0.2) is 26.3 Å². The van der Waals surface area contributed by atoms with Crippen LogP contribution in [-0.2, 0) is 10.0 Å². The maximum Gasteiger partial charge on any atom is 0.273 e. The molecule has 1 amide bonds. The quantitative estimate of drug-likeness (QED) is 0.484. The number of hydrogen-bond donors (Lipinski definition) is 2. The molecule has 2 N–H and O–H groups in total. The first-order valence-corrected chi connectivity index (χ1v) is 10.8. The highest BCUT2D eigenvalue weighted by molar-refractivity contribution is 7.92. The van der Waals surface area contributed by atoms with Gasteiger partial charge in [0.15, 0.2) is 0 Å². The molecule has 7 heteroatoms. The van der Waals surface area contributed by atoms with Crippen LogP contribution in [0.3, 0.4) is 0 Å². The summed E-state index contributed by atoms with van der Waals surface area (Å²) in [6.45, 7) is 1.82. The van der Waals surface area contributed by atoms with Crippen LogP contribution in [0.25, 0.3) is 0 Å². The third kappa shape index (κ3) is 5.52. The number of nitrogens with one attached hydrogen (secondary N) is 2. The summed E-state index contributed by atoms with van der Waals surface area (Å²) in [6.07, 6.45) is 1.04. The summed E-state index contributed by atoms with van der Waals surface area (Å²) >= 11 is 0. The molecule has 0 saturated heterocycles. The van der Waals surface area contributed by atoms with Gasteiger partial charge in [0.2, 0.25) is 10.0 Å². The summed E-state index contributed by atoms with van der Waals surface area (Å²) in [5.74, 6) is -0.510. The van der Waals surface area contributed by atoms with E-state index in [1.807, 2.05) is 67.6 Å². The van der Waals surface area contributed by atoms with Crippen LogP contribution in [0.15, 0.2) is 84.0 Å². The minimum atomic E-state index is -3.53. The van der Waals surface area contributed by atoms with E-state index in [9.17, 15) is 13.2 Å². The second-order valence-corrected chi connectivity index (χ2v) is 8.31. The molecule has 0 aliphatic heterocycles. The van der Waals surface area contributed by atoms with Gasteiger partial charge in [-0.1, -0.05) is 72.3 Å². The van der Waals surface area contributed by atoms with E-state index in [4.69, 9.17) is 0 Å². The fraction of sp³-hybridized carbons (Fsp3) is 0.0909. The number of amides is 1. The molecule has 0 aliphatic rings. The van der Waals surface area contributed by atoms with Gasteiger partial charge < -0.3 is 0 Å². The first-order chi connectivity index (χ1) is 13.8. The highest BCUT2D eigenvalue weighted by atomic mass is 32.2. The molecule has 148 valence electrons. The van der Waals surface area contributed by atoms with Crippen molar-refractivity contribution in [3.63, 3.8) is 0 Å². The Morgan fingerprint density at radius 1 is 0.862 bits per heavy atom. The number of sulfonamides is 1. The van der Waals surface area contributed by atoms with Gasteiger partial charge in [-0.2, -0.15) is 5.10 Å². The van der Waals surface area contributed by atoms with Gasteiger partial charge in [0.25, 0.3) is 5.91 Å². The van der Waals surface area contributed by atoms with Gasteiger partial charge >= 0.3 is 0 Å². The summed E-state index contributed by atoms with van der Waals surface area (Å²) in [5, 5.41) is 4.35. The smallest absolute Gasteiger partial charge is 0.273 e. The lowest BCUT2D eigenvalue weighted by Crippen LogP contribution is -2.23. The molecule has 3 aromatic carbocycles. The molecule has 0 spiro atoms. The first-order valence-electron chi connectivity index (χ1n) is 8.91. The molecule has 0 fully saturated rings. The second-order valence-electron chi connectivity index (χ2n) is 6.56. The highest BCUT2D eigenvalue weighted by Gasteiger charge is 2.15. The molecule has 0 bridgehead atoms. The van der Waals surface area contributed by atoms with E-state index in [1.54, 1.807) is 18.2 Å². The van der Waals surface area contributed by atoms with E-state index >= 15 is 0 Å². The van der Waals surface area contributed by atoms with Crippen LogP contribution in [0.5, 0.6) is 0 Å². The minimum absolute atomic E-state index is 0.194. The molecular formula is C22H21N3O3S. The van der Waals surface area contributed by atoms with Crippen LogP contribution in [0.2, 0.25) is 0 Å². The maximum absolute atomic E-state index is 12.8. The minimum Gasteiger partial charge on any atom is -0.283 e. The van der Waals surface area contributed by atoms with Crippen LogP contribution in [0.4, 0.5) is 5.69 Å². The van der Waals surface area contributed by atoms with Crippen molar-refractivity contribution in [2.45, 2.75) is 6.92 Å². The number of hydrogen-bond acceptors (Lipinski definition) is 4. The number of carbonyl (C=O) groups is 1. The zero-order valence-electron chi connectivity index (χ0n) is 16.1. The van der Waals surface area contributed by atoms with Crippen molar-refractivity contribution in [2.75, 3.05) is 11.0 Å². The van der Waals surface area contributed by atoms with E-state index in [-0.39, 0.29) is 11.3 Å². The zero-order chi connectivity index (χ0) is 20.9. The van der Waals surface area contributed by atoms with Crippen LogP contribution >= 0.6 is 0 Å². The Bertz CT molecular complexity index is 1100. The summed E-state index contributed by atoms with van der Waals surface area (Å²) < 4.78 is 25.6. The zero-order valence-corrected chi connectivity index (χ0v) is 16.9. The van der Waals surface area contributed by atoms with Crippen molar-refractivity contribution in [1.29, 1.82) is 0 Å². The molecule has 0 atom stereocenters. The van der Waals surface area contributed by atoms with E-state index < -0.39 is 15.9 Å². The van der Waals surface area contributed by atoms with Gasteiger partial charge in [-0.15, -0.1) is 0 Å². The molecule has 0 aliphatic carbocycles. The SMILES string of the molecule is Cc1ccc(NS(C)(=O)=O)c(C(=O)NN=C(c2ccccc2)c2ccccc2)c1. The fourth-order valence-electron chi connectivity index (χ4n) is 2.79. The first kappa shape index (κ1) is 20.3. The Morgan fingerprint density at radius 3 is 1.93 bits per heavy atom. The monoisotopic (exact) mass is 407 g/mol. The number of carbonyl (C=O) groups excluding carboxylic acids is 1. The second kappa shape index (κ2) is 8.70. The Morgan fingerprint density at radius 2 is 1.41 bits per heavy atom. The third-order valence-electron chi connectivity index (χ3n) is 4.08. The third-order valence-corrected chi connectivity index (χ3v) is 4.67. The van der Waals surface area contributed by atoms with Gasteiger partial charge in [-0.25, -0.2) is 13.8 Å². The number of rotatable bonds is 6. The Labute approximate surface area is 170 Å². The number of hydrazone groups is 1. The molecule has 3 aromatic rings. The van der Waals surface area contributed by atoms with Crippen molar-refractivity contribution in [3.8, 4) is 0 Å². The number of anilines is 1. The molecule has 0 heterocycles. The van der Waals surface area contributed by atoms with Gasteiger partial charge in [0.05, 0.1) is 23.2 Å². The van der Waals surface area contributed by atoms with Crippen LogP contribution < -0.4 is 10.1 Å². The molecule has 29 heavy (non-hydrogen) atoms. The lowest BCUT2D eigenvalue weighted by atomic mass is 10.0. The fourth-order valence-corrected chi connectivity index (χ4v) is 3.37. The van der Waals surface area contributed by atoms with Gasteiger partial charge in [-0.3, -0.25) is 9.52 Å². The van der Waals surface area contributed by atoms with Gasteiger partial charge in [0.1, 0.15) is 0 Å². The average molecular weight is 407 g/mol. The summed E-state index contributed by atoms with van der Waals surface area (Å²) in [7, 11) is -3.53. The van der Waals surface area contributed by atoms with E-state index in [0.29, 0.717) is 5.71 Å². The number of nitrogens with zero attached hydrogens (tertiary/aromatic N) is 1. The summed E-state index contributed by atoms with van der Waals surface area (Å²) in [4.78, 5) is 12.8. The molecule has 0 saturated carbocycles. The largest absolute Gasteiger partial charge is 0.283 e. The normalized spacial score (nSPS) is 10.8. The summed E-state index contributed by atoms with van der Waals surface area (Å²) in [6, 6.07) is 23.9. The highest BCUT2D eigenvalue weighted by Crippen LogP contribution is 2.19. The molecular weight excluding hydrogens is 386 g/mol. The maximum atomic E-state index is 12.8. The van der Waals surface area contributed by atoms with Crippen molar-refractivity contribution in [2.24, 2.45) is 5.10 Å². The number of aryl methyl sites for hydroxylation is 1. The lowest BCUT2D eigenvalue weighted by Gasteiger charge is -2.12. The van der Waals surface area contributed by atoms with E-state index in [0.717, 1.165) is 22.9 Å². The topological polar surface area (TPSA) is 87.6 Å². The molecule has 0 aromatic heterocycles. The molecule has 0 unspecified atom stereocenters. The van der Waals surface area contributed by atoms with Crippen molar-refractivity contribution >= 4 is 27.3 Å². The van der Waals surface area contributed by atoms with E-state index in [2.05, 4.69) is 15.2 Å². The Kier molecular flexibility index (Phi) is 6.09. The van der Waals surface area contributed by atoms with Crippen LogP contribution in [0, 0.1) is 6.92 Å². The average Bonchev–Trinajstić information content (AvgIpc) is 2.70. The Hall–Kier alpha value is -3.45. The molecule has 3 rings (SSSR count). The van der Waals surface area contributed by atoms with Gasteiger partial charge in [0, 0.05) is 11.1 Å². The lowest BCUT2D eigenvalue weighted by molar-refractivity contribution is 0.0955. The molecule has 6 nitrogen and oxygen atoms in total. The standard InChI is InChI=1S/C22H21N3O3S/c1-16-13-14-20(25-29(2,27)28)19(15-16)22(26)24-23-21(17-9-5-3-6-10-17)18-11-7-4-8-12-18/h3-15,25H,1-2H3,(H,24,26). The predicted octanol–water partition coefficient (Wildman–Crippen LogP) is 3.55.